The third-order valence-electron chi connectivity index (χ3n) is 3.82. The quantitative estimate of drug-likeness (QED) is 0.700. The summed E-state index contributed by atoms with van der Waals surface area (Å²) in [4.78, 5) is 0. The van der Waals surface area contributed by atoms with Crippen molar-refractivity contribution >= 4 is 24.0 Å². The molecule has 0 heterocycles. The van der Waals surface area contributed by atoms with Crippen LogP contribution in [0.2, 0.25) is 0 Å². The highest BCUT2D eigenvalue weighted by molar-refractivity contribution is 7.72. The fraction of sp³-hybridized carbons (Fsp3) is 0.350. The largest absolute Gasteiger partial charge is 0.166 e. The Kier molecular flexibility index (Phi) is 5.37. The predicted octanol–water partition coefficient (Wildman–Crippen LogP) is 4.96. The SMILES string of the molecule is CCCC=[P+](c1ccc(C)cc1C)c1ccc(C)cc1C. The molecular formula is C20H26P+. The van der Waals surface area contributed by atoms with Gasteiger partial charge in [0.25, 0.3) is 0 Å². The molecule has 21 heavy (non-hydrogen) atoms. The van der Waals surface area contributed by atoms with Crippen LogP contribution in [-0.4, -0.2) is 5.80 Å². The zero-order valence-corrected chi connectivity index (χ0v) is 14.8. The molecule has 1 heteroatoms. The normalized spacial score (nSPS) is 10.5. The fourth-order valence-corrected chi connectivity index (χ4v) is 5.26. The third kappa shape index (κ3) is 3.83. The van der Waals surface area contributed by atoms with Crippen molar-refractivity contribution in [3.05, 3.63) is 58.7 Å². The van der Waals surface area contributed by atoms with E-state index in [4.69, 9.17) is 0 Å². The van der Waals surface area contributed by atoms with E-state index >= 15 is 0 Å². The Morgan fingerprint density at radius 1 is 0.810 bits per heavy atom. The maximum Gasteiger partial charge on any atom is 0.166 e. The van der Waals surface area contributed by atoms with Crippen molar-refractivity contribution in [1.29, 1.82) is 0 Å². The van der Waals surface area contributed by atoms with Crippen LogP contribution in [0.4, 0.5) is 0 Å². The third-order valence-corrected chi connectivity index (χ3v) is 6.49. The van der Waals surface area contributed by atoms with Gasteiger partial charge in [-0.25, -0.2) is 0 Å². The van der Waals surface area contributed by atoms with Crippen molar-refractivity contribution in [2.24, 2.45) is 0 Å². The van der Waals surface area contributed by atoms with Crippen LogP contribution in [0.1, 0.15) is 42.0 Å². The maximum atomic E-state index is 2.55. The van der Waals surface area contributed by atoms with Crippen LogP contribution >= 0.6 is 7.55 Å². The van der Waals surface area contributed by atoms with E-state index < -0.39 is 0 Å². The van der Waals surface area contributed by atoms with Crippen molar-refractivity contribution < 1.29 is 0 Å². The first-order chi connectivity index (χ1) is 10.0. The highest BCUT2D eigenvalue weighted by Crippen LogP contribution is 2.26. The molecule has 0 nitrogen and oxygen atoms in total. The van der Waals surface area contributed by atoms with E-state index in [0.29, 0.717) is 0 Å². The Morgan fingerprint density at radius 3 is 1.67 bits per heavy atom. The second-order valence-electron chi connectivity index (χ2n) is 5.92. The van der Waals surface area contributed by atoms with Gasteiger partial charge in [-0.05, 0) is 57.4 Å². The zero-order chi connectivity index (χ0) is 15.4. The number of benzene rings is 2. The Labute approximate surface area is 130 Å². The van der Waals surface area contributed by atoms with Crippen molar-refractivity contribution in [3.63, 3.8) is 0 Å². The second-order valence-corrected chi connectivity index (χ2v) is 7.99. The zero-order valence-electron chi connectivity index (χ0n) is 13.9. The molecule has 0 fully saturated rings. The van der Waals surface area contributed by atoms with Gasteiger partial charge in [-0.3, -0.25) is 0 Å². The van der Waals surface area contributed by atoms with E-state index in [1.54, 1.807) is 0 Å². The van der Waals surface area contributed by atoms with Gasteiger partial charge in [-0.1, -0.05) is 42.3 Å². The van der Waals surface area contributed by atoms with E-state index in [9.17, 15) is 0 Å². The summed E-state index contributed by atoms with van der Waals surface area (Å²) in [5.41, 5.74) is 5.55. The van der Waals surface area contributed by atoms with Crippen molar-refractivity contribution in [1.82, 2.24) is 0 Å². The van der Waals surface area contributed by atoms with E-state index in [1.165, 1.54) is 45.7 Å². The van der Waals surface area contributed by atoms with Crippen molar-refractivity contribution in [2.75, 3.05) is 0 Å². The lowest BCUT2D eigenvalue weighted by Gasteiger charge is -2.05. The highest BCUT2D eigenvalue weighted by Gasteiger charge is 2.22. The van der Waals surface area contributed by atoms with Crippen LogP contribution in [0.15, 0.2) is 36.4 Å². The lowest BCUT2D eigenvalue weighted by Crippen LogP contribution is -2.14. The predicted molar refractivity (Wildman–Crippen MR) is 99.0 cm³/mol. The van der Waals surface area contributed by atoms with Crippen LogP contribution in [-0.2, 0) is 0 Å². The molecule has 0 aromatic heterocycles. The Hall–Kier alpha value is -1.39. The van der Waals surface area contributed by atoms with Crippen LogP contribution in [0, 0.1) is 27.7 Å². The molecule has 0 saturated carbocycles. The first-order valence-electron chi connectivity index (χ1n) is 7.80. The molecule has 2 aromatic carbocycles. The number of unbranched alkanes of at least 4 members (excludes halogenated alkanes) is 1. The van der Waals surface area contributed by atoms with E-state index in [0.717, 1.165) is 0 Å². The number of aryl methyl sites for hydroxylation is 4. The molecule has 0 aliphatic rings. The standard InChI is InChI=1S/C20H26P/c1-6-7-12-21(19-10-8-15(2)13-17(19)4)20-11-9-16(3)14-18(20)5/h8-14H,6-7H2,1-5H3/q+1. The Morgan fingerprint density at radius 2 is 1.29 bits per heavy atom. The Balaban J connectivity index is 2.58. The molecule has 0 atom stereocenters. The van der Waals surface area contributed by atoms with E-state index in [-0.39, 0.29) is 7.55 Å². The summed E-state index contributed by atoms with van der Waals surface area (Å²) in [6.07, 6.45) is 2.40. The Bertz CT molecular complexity index is 612. The van der Waals surface area contributed by atoms with Gasteiger partial charge in [0, 0.05) is 6.42 Å². The molecule has 0 spiro atoms. The molecule has 0 bridgehead atoms. The lowest BCUT2D eigenvalue weighted by molar-refractivity contribution is 1.02. The van der Waals surface area contributed by atoms with Gasteiger partial charge in [0.1, 0.15) is 0 Å². The minimum atomic E-state index is -0.348. The van der Waals surface area contributed by atoms with Gasteiger partial charge in [0.05, 0.1) is 5.80 Å². The number of hydrogen-bond acceptors (Lipinski definition) is 0. The maximum absolute atomic E-state index is 2.55. The average Bonchev–Trinajstić information content (AvgIpc) is 2.42. The second kappa shape index (κ2) is 7.05. The monoisotopic (exact) mass is 297 g/mol. The summed E-state index contributed by atoms with van der Waals surface area (Å²) in [7, 11) is -0.348. The van der Waals surface area contributed by atoms with Gasteiger partial charge in [0.2, 0.25) is 0 Å². The van der Waals surface area contributed by atoms with Crippen molar-refractivity contribution in [3.8, 4) is 0 Å². The minimum absolute atomic E-state index is 0.348. The minimum Gasteiger partial charge on any atom is -0.0649 e. The van der Waals surface area contributed by atoms with Gasteiger partial charge in [-0.15, -0.1) is 0 Å². The first kappa shape index (κ1) is 16.0. The van der Waals surface area contributed by atoms with Gasteiger partial charge in [0.15, 0.2) is 18.2 Å². The molecule has 0 radical (unpaired) electrons. The van der Waals surface area contributed by atoms with Gasteiger partial charge < -0.3 is 0 Å². The molecule has 2 rings (SSSR count). The van der Waals surface area contributed by atoms with Crippen LogP contribution < -0.4 is 10.6 Å². The summed E-state index contributed by atoms with van der Waals surface area (Å²) in [5.74, 6) is 2.55. The number of hydrogen-bond donors (Lipinski definition) is 0. The van der Waals surface area contributed by atoms with Crippen molar-refractivity contribution in [2.45, 2.75) is 47.5 Å². The molecule has 0 amide bonds. The summed E-state index contributed by atoms with van der Waals surface area (Å²) < 4.78 is 0. The molecule has 0 aliphatic heterocycles. The molecule has 0 unspecified atom stereocenters. The smallest absolute Gasteiger partial charge is 0.0649 e. The molecule has 110 valence electrons. The summed E-state index contributed by atoms with van der Waals surface area (Å²) in [6, 6.07) is 13.8. The van der Waals surface area contributed by atoms with Gasteiger partial charge in [-0.2, -0.15) is 0 Å². The molecule has 0 N–H and O–H groups in total. The molecule has 2 aromatic rings. The van der Waals surface area contributed by atoms with Crippen LogP contribution in [0.5, 0.6) is 0 Å². The molecule has 0 saturated heterocycles. The fourth-order valence-electron chi connectivity index (χ4n) is 2.74. The highest BCUT2D eigenvalue weighted by atomic mass is 31.1. The molecule has 0 aliphatic carbocycles. The summed E-state index contributed by atoms with van der Waals surface area (Å²) in [5, 5.41) is 3.02. The van der Waals surface area contributed by atoms with E-state index in [1.807, 2.05) is 0 Å². The average molecular weight is 297 g/mol. The topological polar surface area (TPSA) is 0 Å². The summed E-state index contributed by atoms with van der Waals surface area (Å²) in [6.45, 7) is 11.1. The number of rotatable bonds is 4. The van der Waals surface area contributed by atoms with Gasteiger partial charge >= 0.3 is 0 Å². The molecular weight excluding hydrogens is 271 g/mol. The van der Waals surface area contributed by atoms with Crippen LogP contribution in [0.3, 0.4) is 0 Å². The van der Waals surface area contributed by atoms with E-state index in [2.05, 4.69) is 76.8 Å². The lowest BCUT2D eigenvalue weighted by atomic mass is 10.2. The first-order valence-corrected chi connectivity index (χ1v) is 9.21. The van der Waals surface area contributed by atoms with Crippen LogP contribution in [0.25, 0.3) is 0 Å². The summed E-state index contributed by atoms with van der Waals surface area (Å²) >= 11 is 0.